The third-order valence-electron chi connectivity index (χ3n) is 4.89. The zero-order chi connectivity index (χ0) is 18.3. The molecule has 0 saturated carbocycles. The van der Waals surface area contributed by atoms with Gasteiger partial charge in [0.15, 0.2) is 0 Å². The summed E-state index contributed by atoms with van der Waals surface area (Å²) in [5, 5.41) is 0. The SMILES string of the molecule is CCOc1ccccc1CN1C(=O)C2(OCCO2)c2cc(C)cc(C)c21. The highest BCUT2D eigenvalue weighted by atomic mass is 16.7. The minimum Gasteiger partial charge on any atom is -0.494 e. The number of benzene rings is 2. The molecule has 0 bridgehead atoms. The summed E-state index contributed by atoms with van der Waals surface area (Å²) in [5.74, 6) is -0.666. The molecule has 136 valence electrons. The zero-order valence-corrected chi connectivity index (χ0v) is 15.4. The second-order valence-corrected chi connectivity index (χ2v) is 6.72. The first-order chi connectivity index (χ1) is 12.6. The van der Waals surface area contributed by atoms with Crippen LogP contribution < -0.4 is 9.64 Å². The molecule has 2 aliphatic rings. The molecule has 1 saturated heterocycles. The minimum absolute atomic E-state index is 0.162. The van der Waals surface area contributed by atoms with Crippen LogP contribution in [0.25, 0.3) is 0 Å². The summed E-state index contributed by atoms with van der Waals surface area (Å²) in [7, 11) is 0. The maximum Gasteiger partial charge on any atom is 0.292 e. The smallest absolute Gasteiger partial charge is 0.292 e. The van der Waals surface area contributed by atoms with Crippen LogP contribution in [-0.4, -0.2) is 25.7 Å². The number of ether oxygens (including phenoxy) is 3. The lowest BCUT2D eigenvalue weighted by atomic mass is 10.0. The second kappa shape index (κ2) is 6.41. The molecule has 2 aliphatic heterocycles. The molecule has 0 radical (unpaired) electrons. The van der Waals surface area contributed by atoms with Crippen molar-refractivity contribution in [3.05, 3.63) is 58.7 Å². The van der Waals surface area contributed by atoms with Gasteiger partial charge in [0.2, 0.25) is 0 Å². The summed E-state index contributed by atoms with van der Waals surface area (Å²) < 4.78 is 17.4. The van der Waals surface area contributed by atoms with E-state index in [0.717, 1.165) is 33.7 Å². The number of hydrogen-bond donors (Lipinski definition) is 0. The van der Waals surface area contributed by atoms with E-state index in [-0.39, 0.29) is 5.91 Å². The van der Waals surface area contributed by atoms with E-state index < -0.39 is 5.79 Å². The lowest BCUT2D eigenvalue weighted by Gasteiger charge is -2.23. The number of aryl methyl sites for hydroxylation is 2. The molecule has 0 aliphatic carbocycles. The Morgan fingerprint density at radius 3 is 2.62 bits per heavy atom. The van der Waals surface area contributed by atoms with Gasteiger partial charge in [0.25, 0.3) is 11.7 Å². The van der Waals surface area contributed by atoms with Crippen molar-refractivity contribution in [3.8, 4) is 5.75 Å². The van der Waals surface area contributed by atoms with Crippen molar-refractivity contribution in [2.45, 2.75) is 33.1 Å². The molecule has 0 N–H and O–H groups in total. The molecular weight excluding hydrogens is 330 g/mol. The highest BCUT2D eigenvalue weighted by Gasteiger charge is 2.56. The van der Waals surface area contributed by atoms with E-state index in [1.807, 2.05) is 51.1 Å². The molecule has 26 heavy (non-hydrogen) atoms. The summed E-state index contributed by atoms with van der Waals surface area (Å²) in [6.07, 6.45) is 0. The van der Waals surface area contributed by atoms with Gasteiger partial charge in [-0.3, -0.25) is 4.79 Å². The Kier molecular flexibility index (Phi) is 4.21. The molecule has 1 spiro atoms. The van der Waals surface area contributed by atoms with Crippen LogP contribution in [-0.2, 0) is 26.6 Å². The summed E-state index contributed by atoms with van der Waals surface area (Å²) in [6.45, 7) is 7.83. The summed E-state index contributed by atoms with van der Waals surface area (Å²) in [4.78, 5) is 15.1. The largest absolute Gasteiger partial charge is 0.494 e. The van der Waals surface area contributed by atoms with E-state index in [1.165, 1.54) is 0 Å². The summed E-state index contributed by atoms with van der Waals surface area (Å²) in [5.41, 5.74) is 4.78. The van der Waals surface area contributed by atoms with Crippen molar-refractivity contribution >= 4 is 11.6 Å². The Bertz CT molecular complexity index is 855. The van der Waals surface area contributed by atoms with Gasteiger partial charge in [0, 0.05) is 11.1 Å². The van der Waals surface area contributed by atoms with Crippen molar-refractivity contribution in [1.29, 1.82) is 0 Å². The van der Waals surface area contributed by atoms with Crippen LogP contribution in [0.15, 0.2) is 36.4 Å². The number of carbonyl (C=O) groups is 1. The normalized spacial score (nSPS) is 17.8. The number of amides is 1. The van der Waals surface area contributed by atoms with Crippen LogP contribution in [0, 0.1) is 13.8 Å². The molecule has 1 amide bonds. The maximum atomic E-state index is 13.4. The summed E-state index contributed by atoms with van der Waals surface area (Å²) >= 11 is 0. The van der Waals surface area contributed by atoms with Crippen LogP contribution >= 0.6 is 0 Å². The van der Waals surface area contributed by atoms with Gasteiger partial charge in [-0.15, -0.1) is 0 Å². The first-order valence-corrected chi connectivity index (χ1v) is 8.99. The number of rotatable bonds is 4. The van der Waals surface area contributed by atoms with Gasteiger partial charge in [0.1, 0.15) is 5.75 Å². The number of hydrogen-bond acceptors (Lipinski definition) is 4. The molecule has 1 fully saturated rings. The van der Waals surface area contributed by atoms with E-state index in [1.54, 1.807) is 4.90 Å². The average molecular weight is 353 g/mol. The maximum absolute atomic E-state index is 13.4. The highest BCUT2D eigenvalue weighted by molar-refractivity contribution is 6.07. The van der Waals surface area contributed by atoms with Crippen LogP contribution in [0.4, 0.5) is 5.69 Å². The first kappa shape index (κ1) is 17.1. The third-order valence-corrected chi connectivity index (χ3v) is 4.89. The van der Waals surface area contributed by atoms with Crippen LogP contribution in [0.1, 0.15) is 29.2 Å². The van der Waals surface area contributed by atoms with Crippen molar-refractivity contribution in [2.75, 3.05) is 24.7 Å². The molecule has 0 aromatic heterocycles. The first-order valence-electron chi connectivity index (χ1n) is 8.99. The average Bonchev–Trinajstić information content (AvgIpc) is 3.18. The van der Waals surface area contributed by atoms with Crippen LogP contribution in [0.5, 0.6) is 5.75 Å². The fourth-order valence-corrected chi connectivity index (χ4v) is 3.91. The Morgan fingerprint density at radius 2 is 1.88 bits per heavy atom. The number of anilines is 1. The Hall–Kier alpha value is -2.37. The molecule has 0 unspecified atom stereocenters. The second-order valence-electron chi connectivity index (χ2n) is 6.72. The monoisotopic (exact) mass is 353 g/mol. The predicted octanol–water partition coefficient (Wildman–Crippen LogP) is 3.45. The number of para-hydroxylation sites is 1. The van der Waals surface area contributed by atoms with Crippen molar-refractivity contribution in [3.63, 3.8) is 0 Å². The van der Waals surface area contributed by atoms with Crippen molar-refractivity contribution in [1.82, 2.24) is 0 Å². The molecule has 0 atom stereocenters. The molecule has 5 heteroatoms. The number of nitrogens with zero attached hydrogens (tertiary/aromatic N) is 1. The van der Waals surface area contributed by atoms with E-state index in [4.69, 9.17) is 14.2 Å². The summed E-state index contributed by atoms with van der Waals surface area (Å²) in [6, 6.07) is 11.9. The van der Waals surface area contributed by atoms with Crippen LogP contribution in [0.3, 0.4) is 0 Å². The van der Waals surface area contributed by atoms with E-state index in [0.29, 0.717) is 26.4 Å². The highest BCUT2D eigenvalue weighted by Crippen LogP contribution is 2.48. The Morgan fingerprint density at radius 1 is 1.15 bits per heavy atom. The molecule has 2 aromatic rings. The fraction of sp³-hybridized carbons (Fsp3) is 0.381. The quantitative estimate of drug-likeness (QED) is 0.845. The topological polar surface area (TPSA) is 48.0 Å². The standard InChI is InChI=1S/C21H23NO4/c1-4-24-18-8-6-5-7-16(18)13-22-19-15(3)11-14(2)12-17(19)21(20(22)23)25-9-10-26-21/h5-8,11-12H,4,9-10,13H2,1-3H3. The fourth-order valence-electron chi connectivity index (χ4n) is 3.91. The van der Waals surface area contributed by atoms with Crippen molar-refractivity contribution in [2.24, 2.45) is 0 Å². The molecule has 2 aromatic carbocycles. The number of fused-ring (bicyclic) bond motifs is 2. The van der Waals surface area contributed by atoms with Gasteiger partial charge >= 0.3 is 0 Å². The van der Waals surface area contributed by atoms with Crippen molar-refractivity contribution < 1.29 is 19.0 Å². The van der Waals surface area contributed by atoms with Gasteiger partial charge in [0.05, 0.1) is 32.1 Å². The molecule has 5 nitrogen and oxygen atoms in total. The molecule has 4 rings (SSSR count). The van der Waals surface area contributed by atoms with Crippen LogP contribution in [0.2, 0.25) is 0 Å². The Balaban J connectivity index is 1.80. The van der Waals surface area contributed by atoms with E-state index >= 15 is 0 Å². The van der Waals surface area contributed by atoms with Gasteiger partial charge in [-0.2, -0.15) is 0 Å². The predicted molar refractivity (Wildman–Crippen MR) is 98.3 cm³/mol. The lowest BCUT2D eigenvalue weighted by Crippen LogP contribution is -2.41. The van der Waals surface area contributed by atoms with Gasteiger partial charge < -0.3 is 19.1 Å². The van der Waals surface area contributed by atoms with Gasteiger partial charge in [-0.05, 0) is 38.5 Å². The molecule has 2 heterocycles. The Labute approximate surface area is 153 Å². The third kappa shape index (κ3) is 2.50. The van der Waals surface area contributed by atoms with E-state index in [9.17, 15) is 4.79 Å². The lowest BCUT2D eigenvalue weighted by molar-refractivity contribution is -0.180. The minimum atomic E-state index is -1.30. The van der Waals surface area contributed by atoms with E-state index in [2.05, 4.69) is 6.07 Å². The molecular formula is C21H23NO4. The number of carbonyl (C=O) groups excluding carboxylic acids is 1. The van der Waals surface area contributed by atoms with Gasteiger partial charge in [-0.25, -0.2) is 0 Å². The zero-order valence-electron chi connectivity index (χ0n) is 15.4. The van der Waals surface area contributed by atoms with Gasteiger partial charge in [-0.1, -0.05) is 29.8 Å².